The van der Waals surface area contributed by atoms with Crippen molar-refractivity contribution in [2.45, 2.75) is 39.2 Å². The third-order valence-electron chi connectivity index (χ3n) is 3.43. The molecule has 0 aliphatic rings. The summed E-state index contributed by atoms with van der Waals surface area (Å²) in [5.41, 5.74) is 1.35. The van der Waals surface area contributed by atoms with Crippen LogP contribution in [-0.2, 0) is 0 Å². The minimum atomic E-state index is -0.312. The van der Waals surface area contributed by atoms with E-state index in [0.29, 0.717) is 11.4 Å². The van der Waals surface area contributed by atoms with Crippen molar-refractivity contribution in [1.29, 1.82) is 0 Å². The van der Waals surface area contributed by atoms with E-state index in [4.69, 9.17) is 11.6 Å². The van der Waals surface area contributed by atoms with Crippen LogP contribution in [0.15, 0.2) is 22.7 Å². The largest absolute Gasteiger partial charge is 0.345 e. The maximum atomic E-state index is 12.3. The van der Waals surface area contributed by atoms with Crippen molar-refractivity contribution in [3.05, 3.63) is 33.8 Å². The predicted molar refractivity (Wildman–Crippen MR) is 80.4 cm³/mol. The number of hydrogen-bond donors (Lipinski definition) is 1. The standard InChI is InChI=1S/C14H19BrClNO/c1-4-14(5-2,9-16)17-13(18)12-8-11(15)7-6-10(12)3/h6-8H,4-5,9H2,1-3H3,(H,17,18). The predicted octanol–water partition coefficient (Wildman–Crippen LogP) is 4.28. The van der Waals surface area contributed by atoms with Crippen molar-refractivity contribution in [3.63, 3.8) is 0 Å². The quantitative estimate of drug-likeness (QED) is 0.801. The van der Waals surface area contributed by atoms with Crippen molar-refractivity contribution >= 4 is 33.4 Å². The van der Waals surface area contributed by atoms with Gasteiger partial charge in [0.05, 0.1) is 5.54 Å². The first-order valence-corrected chi connectivity index (χ1v) is 7.45. The van der Waals surface area contributed by atoms with Crippen LogP contribution in [0.1, 0.15) is 42.6 Å². The van der Waals surface area contributed by atoms with Gasteiger partial charge in [0.25, 0.3) is 5.91 Å². The Morgan fingerprint density at radius 2 is 2.00 bits per heavy atom. The van der Waals surface area contributed by atoms with Crippen LogP contribution in [0, 0.1) is 6.92 Å². The van der Waals surface area contributed by atoms with Gasteiger partial charge in [0.2, 0.25) is 0 Å². The van der Waals surface area contributed by atoms with Gasteiger partial charge < -0.3 is 5.32 Å². The molecule has 4 heteroatoms. The molecule has 0 radical (unpaired) electrons. The summed E-state index contributed by atoms with van der Waals surface area (Å²) in [6.45, 7) is 6.02. The molecule has 1 amide bonds. The minimum absolute atomic E-state index is 0.0573. The summed E-state index contributed by atoms with van der Waals surface area (Å²) < 4.78 is 0.905. The number of amides is 1. The molecule has 0 aromatic heterocycles. The molecule has 0 spiro atoms. The van der Waals surface area contributed by atoms with E-state index in [1.54, 1.807) is 0 Å². The normalized spacial score (nSPS) is 11.4. The van der Waals surface area contributed by atoms with Gasteiger partial charge in [0.15, 0.2) is 0 Å². The highest BCUT2D eigenvalue weighted by Crippen LogP contribution is 2.20. The average molecular weight is 333 g/mol. The number of carbonyl (C=O) groups excluding carboxylic acids is 1. The molecule has 0 aliphatic heterocycles. The molecule has 2 nitrogen and oxygen atoms in total. The third-order valence-corrected chi connectivity index (χ3v) is 4.44. The van der Waals surface area contributed by atoms with E-state index in [9.17, 15) is 4.79 Å². The van der Waals surface area contributed by atoms with Gasteiger partial charge in [-0.2, -0.15) is 0 Å². The minimum Gasteiger partial charge on any atom is -0.345 e. The van der Waals surface area contributed by atoms with Gasteiger partial charge in [-0.3, -0.25) is 4.79 Å². The fraction of sp³-hybridized carbons (Fsp3) is 0.500. The summed E-state index contributed by atoms with van der Waals surface area (Å²) in [6.07, 6.45) is 1.65. The third kappa shape index (κ3) is 3.48. The zero-order chi connectivity index (χ0) is 13.8. The van der Waals surface area contributed by atoms with Crippen LogP contribution in [0.2, 0.25) is 0 Å². The topological polar surface area (TPSA) is 29.1 Å². The van der Waals surface area contributed by atoms with Crippen LogP contribution in [0.3, 0.4) is 0 Å². The highest BCUT2D eigenvalue weighted by molar-refractivity contribution is 9.10. The number of alkyl halides is 1. The van der Waals surface area contributed by atoms with Gasteiger partial charge in [-0.1, -0.05) is 35.8 Å². The first kappa shape index (κ1) is 15.5. The number of carbonyl (C=O) groups is 1. The van der Waals surface area contributed by atoms with Crippen LogP contribution in [-0.4, -0.2) is 17.3 Å². The average Bonchev–Trinajstić information content (AvgIpc) is 2.38. The molecule has 1 aromatic rings. The zero-order valence-electron chi connectivity index (χ0n) is 11.0. The Morgan fingerprint density at radius 1 is 1.39 bits per heavy atom. The van der Waals surface area contributed by atoms with Gasteiger partial charge in [-0.05, 0) is 37.5 Å². The monoisotopic (exact) mass is 331 g/mol. The first-order chi connectivity index (χ1) is 8.48. The number of rotatable bonds is 5. The lowest BCUT2D eigenvalue weighted by atomic mass is 9.94. The summed E-state index contributed by atoms with van der Waals surface area (Å²) in [5.74, 6) is 0.372. The lowest BCUT2D eigenvalue weighted by Crippen LogP contribution is -2.49. The molecule has 0 saturated heterocycles. The Bertz CT molecular complexity index is 422. The molecule has 18 heavy (non-hydrogen) atoms. The van der Waals surface area contributed by atoms with E-state index in [1.165, 1.54) is 0 Å². The Labute approximate surface area is 122 Å². The molecule has 0 bridgehead atoms. The van der Waals surface area contributed by atoms with Crippen molar-refractivity contribution in [2.75, 3.05) is 5.88 Å². The van der Waals surface area contributed by atoms with Gasteiger partial charge in [0.1, 0.15) is 0 Å². The number of aryl methyl sites for hydroxylation is 1. The molecule has 0 aliphatic carbocycles. The van der Waals surface area contributed by atoms with Crippen molar-refractivity contribution < 1.29 is 4.79 Å². The molecular weight excluding hydrogens is 314 g/mol. The summed E-state index contributed by atoms with van der Waals surface area (Å²) in [5, 5.41) is 3.07. The lowest BCUT2D eigenvalue weighted by molar-refractivity contribution is 0.0902. The van der Waals surface area contributed by atoms with Crippen LogP contribution >= 0.6 is 27.5 Å². The molecule has 1 aromatic carbocycles. The molecule has 0 atom stereocenters. The number of benzene rings is 1. The van der Waals surface area contributed by atoms with Gasteiger partial charge >= 0.3 is 0 Å². The zero-order valence-corrected chi connectivity index (χ0v) is 13.4. The van der Waals surface area contributed by atoms with E-state index >= 15 is 0 Å². The summed E-state index contributed by atoms with van der Waals surface area (Å²) >= 11 is 9.39. The second-order valence-corrected chi connectivity index (χ2v) is 5.72. The smallest absolute Gasteiger partial charge is 0.252 e. The first-order valence-electron chi connectivity index (χ1n) is 6.12. The highest BCUT2D eigenvalue weighted by Gasteiger charge is 2.27. The summed E-state index contributed by atoms with van der Waals surface area (Å²) in [4.78, 5) is 12.3. The van der Waals surface area contributed by atoms with Gasteiger partial charge in [-0.25, -0.2) is 0 Å². The molecule has 0 saturated carbocycles. The second kappa shape index (κ2) is 6.58. The van der Waals surface area contributed by atoms with Crippen molar-refractivity contribution in [2.24, 2.45) is 0 Å². The molecular formula is C14H19BrClNO. The maximum absolute atomic E-state index is 12.3. The molecule has 0 unspecified atom stereocenters. The van der Waals surface area contributed by atoms with E-state index in [2.05, 4.69) is 21.2 Å². The Kier molecular flexibility index (Phi) is 5.67. The van der Waals surface area contributed by atoms with Crippen molar-refractivity contribution in [3.8, 4) is 0 Å². The Hall–Kier alpha value is -0.540. The van der Waals surface area contributed by atoms with E-state index in [0.717, 1.165) is 22.9 Å². The van der Waals surface area contributed by atoms with Crippen LogP contribution < -0.4 is 5.32 Å². The van der Waals surface area contributed by atoms with Crippen LogP contribution in [0.5, 0.6) is 0 Å². The van der Waals surface area contributed by atoms with Gasteiger partial charge in [0, 0.05) is 15.9 Å². The number of nitrogens with one attached hydrogen (secondary N) is 1. The van der Waals surface area contributed by atoms with E-state index in [1.807, 2.05) is 39.0 Å². The second-order valence-electron chi connectivity index (χ2n) is 4.53. The molecule has 1 rings (SSSR count). The lowest BCUT2D eigenvalue weighted by Gasteiger charge is -2.31. The van der Waals surface area contributed by atoms with Crippen LogP contribution in [0.4, 0.5) is 0 Å². The van der Waals surface area contributed by atoms with E-state index < -0.39 is 0 Å². The molecule has 1 N–H and O–H groups in total. The van der Waals surface area contributed by atoms with E-state index in [-0.39, 0.29) is 11.4 Å². The van der Waals surface area contributed by atoms with Crippen LogP contribution in [0.25, 0.3) is 0 Å². The number of halogens is 2. The maximum Gasteiger partial charge on any atom is 0.252 e. The SMILES string of the molecule is CCC(CC)(CCl)NC(=O)c1cc(Br)ccc1C. The number of hydrogen-bond acceptors (Lipinski definition) is 1. The summed E-state index contributed by atoms with van der Waals surface area (Å²) in [7, 11) is 0. The fourth-order valence-corrected chi connectivity index (χ4v) is 2.60. The summed E-state index contributed by atoms with van der Waals surface area (Å²) in [6, 6.07) is 5.70. The van der Waals surface area contributed by atoms with Gasteiger partial charge in [-0.15, -0.1) is 11.6 Å². The Balaban J connectivity index is 2.97. The van der Waals surface area contributed by atoms with Crippen molar-refractivity contribution in [1.82, 2.24) is 5.32 Å². The molecule has 0 heterocycles. The fourth-order valence-electron chi connectivity index (χ4n) is 1.80. The highest BCUT2D eigenvalue weighted by atomic mass is 79.9. The Morgan fingerprint density at radius 3 is 2.50 bits per heavy atom. The molecule has 100 valence electrons. The molecule has 0 fully saturated rings.